The maximum Gasteiger partial charge on any atom is 0.267 e. The predicted octanol–water partition coefficient (Wildman–Crippen LogP) is 1.42. The summed E-state index contributed by atoms with van der Waals surface area (Å²) in [6.07, 6.45) is 0.575. The molecular formula is C14H15N3O. The van der Waals surface area contributed by atoms with Gasteiger partial charge in [-0.3, -0.25) is 4.79 Å². The first-order valence-corrected chi connectivity index (χ1v) is 5.73. The summed E-state index contributed by atoms with van der Waals surface area (Å²) in [5, 5.41) is 0. The number of nitrogens with zero attached hydrogens (tertiary/aromatic N) is 1. The molecule has 0 aliphatic rings. The number of amides is 1. The highest BCUT2D eigenvalue weighted by atomic mass is 16.1. The molecule has 2 rings (SSSR count). The fraction of sp³-hybridized carbons (Fsp3) is 0.143. The lowest BCUT2D eigenvalue weighted by atomic mass is 10.0. The molecule has 0 radical (unpaired) electrons. The van der Waals surface area contributed by atoms with E-state index in [1.54, 1.807) is 12.1 Å². The van der Waals surface area contributed by atoms with Crippen molar-refractivity contribution in [2.75, 3.05) is 0 Å². The van der Waals surface area contributed by atoms with Crippen molar-refractivity contribution in [1.82, 2.24) is 4.98 Å². The number of pyridine rings is 1. The summed E-state index contributed by atoms with van der Waals surface area (Å²) in [5.74, 6) is -0.523. The molecule has 4 heteroatoms. The number of hydrogen-bond donors (Lipinski definition) is 2. The first kappa shape index (κ1) is 12.3. The van der Waals surface area contributed by atoms with Gasteiger partial charge in [0.1, 0.15) is 5.69 Å². The van der Waals surface area contributed by atoms with Gasteiger partial charge in [0, 0.05) is 18.2 Å². The number of primary amides is 1. The van der Waals surface area contributed by atoms with Gasteiger partial charge in [-0.15, -0.1) is 0 Å². The third kappa shape index (κ3) is 2.93. The van der Waals surface area contributed by atoms with Crippen molar-refractivity contribution in [3.63, 3.8) is 0 Å². The molecule has 4 nitrogen and oxygen atoms in total. The monoisotopic (exact) mass is 241 g/mol. The molecule has 0 fully saturated rings. The summed E-state index contributed by atoms with van der Waals surface area (Å²) < 4.78 is 0. The van der Waals surface area contributed by atoms with Gasteiger partial charge in [-0.05, 0) is 17.7 Å². The number of hydrogen-bond acceptors (Lipinski definition) is 3. The smallest absolute Gasteiger partial charge is 0.267 e. The number of aromatic nitrogens is 1. The van der Waals surface area contributed by atoms with Gasteiger partial charge in [-0.1, -0.05) is 36.4 Å². The SMILES string of the molecule is NC(=O)c1cccc(CC(N)c2ccccc2)n1. The number of rotatable bonds is 4. The van der Waals surface area contributed by atoms with Gasteiger partial charge in [0.25, 0.3) is 5.91 Å². The van der Waals surface area contributed by atoms with Crippen molar-refractivity contribution in [3.8, 4) is 0 Å². The number of nitrogens with two attached hydrogens (primary N) is 2. The zero-order valence-electron chi connectivity index (χ0n) is 9.91. The van der Waals surface area contributed by atoms with Gasteiger partial charge < -0.3 is 11.5 Å². The molecule has 1 amide bonds. The van der Waals surface area contributed by atoms with Crippen LogP contribution in [0.4, 0.5) is 0 Å². The number of carbonyl (C=O) groups is 1. The molecular weight excluding hydrogens is 226 g/mol. The van der Waals surface area contributed by atoms with Gasteiger partial charge in [0.05, 0.1) is 0 Å². The minimum Gasteiger partial charge on any atom is -0.364 e. The van der Waals surface area contributed by atoms with Crippen LogP contribution < -0.4 is 11.5 Å². The molecule has 1 aromatic carbocycles. The van der Waals surface area contributed by atoms with E-state index in [-0.39, 0.29) is 11.7 Å². The Labute approximate surface area is 106 Å². The Balaban J connectivity index is 2.14. The number of benzene rings is 1. The predicted molar refractivity (Wildman–Crippen MR) is 69.8 cm³/mol. The molecule has 1 heterocycles. The second-order valence-electron chi connectivity index (χ2n) is 4.10. The van der Waals surface area contributed by atoms with Gasteiger partial charge in [0.2, 0.25) is 0 Å². The third-order valence-corrected chi connectivity index (χ3v) is 2.72. The number of carbonyl (C=O) groups excluding carboxylic acids is 1. The zero-order chi connectivity index (χ0) is 13.0. The van der Waals surface area contributed by atoms with Gasteiger partial charge in [-0.25, -0.2) is 4.98 Å². The minimum atomic E-state index is -0.523. The van der Waals surface area contributed by atoms with Gasteiger partial charge >= 0.3 is 0 Å². The van der Waals surface area contributed by atoms with Crippen molar-refractivity contribution in [3.05, 3.63) is 65.5 Å². The van der Waals surface area contributed by atoms with Crippen LogP contribution in [0.2, 0.25) is 0 Å². The summed E-state index contributed by atoms with van der Waals surface area (Å²) in [7, 11) is 0. The summed E-state index contributed by atoms with van der Waals surface area (Å²) in [6, 6.07) is 14.9. The highest BCUT2D eigenvalue weighted by Gasteiger charge is 2.09. The molecule has 0 saturated heterocycles. The standard InChI is InChI=1S/C14H15N3O/c15-12(10-5-2-1-3-6-10)9-11-7-4-8-13(17-11)14(16)18/h1-8,12H,9,15H2,(H2,16,18). The van der Waals surface area contributed by atoms with Crippen LogP contribution in [0.15, 0.2) is 48.5 Å². The Morgan fingerprint density at radius 3 is 2.50 bits per heavy atom. The lowest BCUT2D eigenvalue weighted by Crippen LogP contribution is -2.17. The lowest BCUT2D eigenvalue weighted by Gasteiger charge is -2.11. The van der Waals surface area contributed by atoms with E-state index in [0.717, 1.165) is 11.3 Å². The molecule has 92 valence electrons. The molecule has 18 heavy (non-hydrogen) atoms. The molecule has 0 spiro atoms. The average molecular weight is 241 g/mol. The molecule has 1 atom stereocenters. The fourth-order valence-electron chi connectivity index (χ4n) is 1.77. The normalized spacial score (nSPS) is 12.1. The van der Waals surface area contributed by atoms with E-state index in [0.29, 0.717) is 6.42 Å². The summed E-state index contributed by atoms with van der Waals surface area (Å²) >= 11 is 0. The van der Waals surface area contributed by atoms with Crippen LogP contribution in [-0.4, -0.2) is 10.9 Å². The third-order valence-electron chi connectivity index (χ3n) is 2.72. The Hall–Kier alpha value is -2.20. The summed E-state index contributed by atoms with van der Waals surface area (Å²) in [6.45, 7) is 0. The van der Waals surface area contributed by atoms with E-state index < -0.39 is 5.91 Å². The fourth-order valence-corrected chi connectivity index (χ4v) is 1.77. The Morgan fingerprint density at radius 2 is 1.83 bits per heavy atom. The Morgan fingerprint density at radius 1 is 1.11 bits per heavy atom. The topological polar surface area (TPSA) is 82.0 Å². The van der Waals surface area contributed by atoms with Crippen LogP contribution in [0.25, 0.3) is 0 Å². The van der Waals surface area contributed by atoms with Gasteiger partial charge in [0.15, 0.2) is 0 Å². The van der Waals surface area contributed by atoms with Crippen molar-refractivity contribution in [2.45, 2.75) is 12.5 Å². The van der Waals surface area contributed by atoms with E-state index >= 15 is 0 Å². The van der Waals surface area contributed by atoms with Crippen molar-refractivity contribution < 1.29 is 4.79 Å². The van der Waals surface area contributed by atoms with Crippen LogP contribution in [-0.2, 0) is 6.42 Å². The second-order valence-corrected chi connectivity index (χ2v) is 4.10. The van der Waals surface area contributed by atoms with Gasteiger partial charge in [-0.2, -0.15) is 0 Å². The Bertz CT molecular complexity index is 540. The first-order valence-electron chi connectivity index (χ1n) is 5.73. The lowest BCUT2D eigenvalue weighted by molar-refractivity contribution is 0.0995. The molecule has 0 bridgehead atoms. The molecule has 0 aliphatic heterocycles. The van der Waals surface area contributed by atoms with Crippen LogP contribution in [0.1, 0.15) is 27.8 Å². The molecule has 0 saturated carbocycles. The summed E-state index contributed by atoms with van der Waals surface area (Å²) in [5.41, 5.74) is 13.4. The zero-order valence-corrected chi connectivity index (χ0v) is 9.91. The van der Waals surface area contributed by atoms with Crippen LogP contribution in [0.3, 0.4) is 0 Å². The molecule has 4 N–H and O–H groups in total. The van der Waals surface area contributed by atoms with Crippen LogP contribution in [0.5, 0.6) is 0 Å². The van der Waals surface area contributed by atoms with E-state index in [2.05, 4.69) is 4.98 Å². The van der Waals surface area contributed by atoms with E-state index in [1.807, 2.05) is 36.4 Å². The first-order chi connectivity index (χ1) is 8.66. The largest absolute Gasteiger partial charge is 0.364 e. The molecule has 0 aliphatic carbocycles. The molecule has 1 aromatic heterocycles. The Kier molecular flexibility index (Phi) is 3.69. The van der Waals surface area contributed by atoms with E-state index in [9.17, 15) is 4.79 Å². The minimum absolute atomic E-state index is 0.137. The van der Waals surface area contributed by atoms with Crippen LogP contribution >= 0.6 is 0 Å². The van der Waals surface area contributed by atoms with Crippen molar-refractivity contribution in [1.29, 1.82) is 0 Å². The maximum atomic E-state index is 11.0. The highest BCUT2D eigenvalue weighted by Crippen LogP contribution is 2.14. The second kappa shape index (κ2) is 5.42. The highest BCUT2D eigenvalue weighted by molar-refractivity contribution is 5.90. The average Bonchev–Trinajstić information content (AvgIpc) is 2.40. The van der Waals surface area contributed by atoms with Crippen molar-refractivity contribution >= 4 is 5.91 Å². The van der Waals surface area contributed by atoms with E-state index in [4.69, 9.17) is 11.5 Å². The van der Waals surface area contributed by atoms with Crippen LogP contribution in [0, 0.1) is 0 Å². The quantitative estimate of drug-likeness (QED) is 0.849. The maximum absolute atomic E-state index is 11.0. The molecule has 1 unspecified atom stereocenters. The van der Waals surface area contributed by atoms with E-state index in [1.165, 1.54) is 0 Å². The molecule has 2 aromatic rings. The van der Waals surface area contributed by atoms with Crippen molar-refractivity contribution in [2.24, 2.45) is 11.5 Å². The summed E-state index contributed by atoms with van der Waals surface area (Å²) in [4.78, 5) is 15.2.